The number of nitrogens with zero attached hydrogens (tertiary/aromatic N) is 1. The number of benzene rings is 1. The van der Waals surface area contributed by atoms with Crippen LogP contribution < -0.4 is 0 Å². The molecule has 8 heteroatoms. The van der Waals surface area contributed by atoms with Crippen molar-refractivity contribution in [1.82, 2.24) is 4.90 Å². The highest BCUT2D eigenvalue weighted by Gasteiger charge is 2.45. The van der Waals surface area contributed by atoms with E-state index in [1.807, 2.05) is 13.1 Å². The molecule has 164 valence electrons. The fraction of sp³-hybridized carbons (Fsp3) is 0.619. The molecule has 7 nitrogen and oxygen atoms in total. The quantitative estimate of drug-likeness (QED) is 0.637. The average molecular weight is 426 g/mol. The summed E-state index contributed by atoms with van der Waals surface area (Å²) in [5, 5.41) is 19.5. The van der Waals surface area contributed by atoms with Crippen LogP contribution in [0.3, 0.4) is 0 Å². The summed E-state index contributed by atoms with van der Waals surface area (Å²) < 4.78 is 11.9. The van der Waals surface area contributed by atoms with E-state index < -0.39 is 38.1 Å². The van der Waals surface area contributed by atoms with Crippen molar-refractivity contribution < 1.29 is 29.0 Å². The standard InChI is InChI=1S/C21H35NO6Si/c1-20(2,3)27-19(26)22(7)16(18(24)25)17(14-10-12-15(23)13-11-14)28-29(8,9)21(4,5)6/h10-13,16-17,23H,1-9H3,(H,24,25)/t16-,17-/m0/s1. The molecule has 0 saturated carbocycles. The zero-order valence-electron chi connectivity index (χ0n) is 18.9. The Hall–Kier alpha value is -2.06. The largest absolute Gasteiger partial charge is 0.508 e. The minimum Gasteiger partial charge on any atom is -0.508 e. The summed E-state index contributed by atoms with van der Waals surface area (Å²) in [7, 11) is -1.01. The second kappa shape index (κ2) is 8.75. The van der Waals surface area contributed by atoms with E-state index in [4.69, 9.17) is 9.16 Å². The molecule has 2 atom stereocenters. The topological polar surface area (TPSA) is 96.3 Å². The van der Waals surface area contributed by atoms with Crippen LogP contribution in [0.5, 0.6) is 5.75 Å². The van der Waals surface area contributed by atoms with E-state index in [9.17, 15) is 19.8 Å². The van der Waals surface area contributed by atoms with Crippen LogP contribution in [-0.2, 0) is 14.0 Å². The number of phenolic OH excluding ortho intramolecular Hbond substituents is 1. The second-order valence-electron chi connectivity index (χ2n) is 9.76. The lowest BCUT2D eigenvalue weighted by Gasteiger charge is -2.42. The van der Waals surface area contributed by atoms with Crippen molar-refractivity contribution in [2.24, 2.45) is 0 Å². The summed E-state index contributed by atoms with van der Waals surface area (Å²) in [6.07, 6.45) is -1.67. The van der Waals surface area contributed by atoms with Crippen LogP contribution in [-0.4, -0.2) is 54.2 Å². The molecule has 0 aliphatic rings. The molecule has 1 aromatic carbocycles. The van der Waals surface area contributed by atoms with Gasteiger partial charge in [-0.2, -0.15) is 0 Å². The van der Waals surface area contributed by atoms with E-state index in [-0.39, 0.29) is 10.8 Å². The predicted molar refractivity (Wildman–Crippen MR) is 115 cm³/mol. The zero-order chi connectivity index (χ0) is 22.8. The normalized spacial score (nSPS) is 14.8. The maximum absolute atomic E-state index is 12.6. The monoisotopic (exact) mass is 425 g/mol. The molecular weight excluding hydrogens is 390 g/mol. The Morgan fingerprint density at radius 2 is 1.52 bits per heavy atom. The third-order valence-corrected chi connectivity index (χ3v) is 9.54. The first-order valence-electron chi connectivity index (χ1n) is 9.61. The van der Waals surface area contributed by atoms with Crippen molar-refractivity contribution in [2.75, 3.05) is 7.05 Å². The highest BCUT2D eigenvalue weighted by atomic mass is 28.4. The molecule has 0 unspecified atom stereocenters. The highest BCUT2D eigenvalue weighted by Crippen LogP contribution is 2.41. The number of rotatable bonds is 6. The van der Waals surface area contributed by atoms with Crippen molar-refractivity contribution in [2.45, 2.75) is 77.4 Å². The van der Waals surface area contributed by atoms with Gasteiger partial charge in [0, 0.05) is 7.05 Å². The lowest BCUT2D eigenvalue weighted by atomic mass is 10.0. The maximum Gasteiger partial charge on any atom is 0.410 e. The number of carbonyl (C=O) groups excluding carboxylic acids is 1. The van der Waals surface area contributed by atoms with Gasteiger partial charge < -0.3 is 19.4 Å². The molecule has 29 heavy (non-hydrogen) atoms. The minimum atomic E-state index is -2.41. The molecule has 2 N–H and O–H groups in total. The van der Waals surface area contributed by atoms with Gasteiger partial charge in [-0.1, -0.05) is 32.9 Å². The molecule has 1 rings (SSSR count). The summed E-state index contributed by atoms with van der Waals surface area (Å²) in [6, 6.07) is 4.88. The summed E-state index contributed by atoms with van der Waals surface area (Å²) >= 11 is 0. The van der Waals surface area contributed by atoms with E-state index in [0.29, 0.717) is 5.56 Å². The van der Waals surface area contributed by atoms with Crippen LogP contribution in [0.25, 0.3) is 0 Å². The van der Waals surface area contributed by atoms with Gasteiger partial charge in [-0.15, -0.1) is 0 Å². The molecule has 0 saturated heterocycles. The number of amides is 1. The summed E-state index contributed by atoms with van der Waals surface area (Å²) in [5.41, 5.74) is -0.196. The van der Waals surface area contributed by atoms with Gasteiger partial charge in [0.25, 0.3) is 0 Å². The van der Waals surface area contributed by atoms with Crippen LogP contribution >= 0.6 is 0 Å². The predicted octanol–water partition coefficient (Wildman–Crippen LogP) is 4.78. The summed E-state index contributed by atoms with van der Waals surface area (Å²) in [4.78, 5) is 25.9. The minimum absolute atomic E-state index is 0.0622. The Labute approximate surface area is 174 Å². The number of carboxylic acid groups (broad SMARTS) is 1. The molecule has 0 radical (unpaired) electrons. The van der Waals surface area contributed by atoms with Crippen molar-refractivity contribution in [3.05, 3.63) is 29.8 Å². The molecule has 1 aromatic rings. The van der Waals surface area contributed by atoms with E-state index in [1.54, 1.807) is 32.9 Å². The van der Waals surface area contributed by atoms with Gasteiger partial charge in [-0.25, -0.2) is 9.59 Å². The Morgan fingerprint density at radius 1 is 1.03 bits per heavy atom. The third kappa shape index (κ3) is 6.75. The van der Waals surface area contributed by atoms with Crippen LogP contribution in [0.1, 0.15) is 53.2 Å². The number of aromatic hydroxyl groups is 1. The first kappa shape index (κ1) is 25.0. The van der Waals surface area contributed by atoms with Crippen LogP contribution in [0, 0.1) is 0 Å². The Balaban J connectivity index is 3.44. The Bertz CT molecular complexity index is 718. The average Bonchev–Trinajstić information content (AvgIpc) is 2.51. The maximum atomic E-state index is 12.6. The lowest BCUT2D eigenvalue weighted by Crippen LogP contribution is -2.52. The second-order valence-corrected chi connectivity index (χ2v) is 14.5. The van der Waals surface area contributed by atoms with Crippen LogP contribution in [0.2, 0.25) is 18.1 Å². The summed E-state index contributed by atoms with van der Waals surface area (Å²) in [5.74, 6) is -1.14. The molecule has 1 amide bonds. The molecule has 0 aliphatic carbocycles. The number of phenols is 1. The lowest BCUT2D eigenvalue weighted by molar-refractivity contribution is -0.146. The van der Waals surface area contributed by atoms with Crippen molar-refractivity contribution in [3.8, 4) is 5.75 Å². The first-order valence-corrected chi connectivity index (χ1v) is 12.5. The number of likely N-dealkylation sites (N-methyl/N-ethyl adjacent to an activating group) is 1. The fourth-order valence-corrected chi connectivity index (χ4v) is 3.67. The van der Waals surface area contributed by atoms with Crippen molar-refractivity contribution in [1.29, 1.82) is 0 Å². The number of hydrogen-bond acceptors (Lipinski definition) is 5. The number of aliphatic carboxylic acids is 1. The molecule has 0 fully saturated rings. The highest BCUT2D eigenvalue weighted by molar-refractivity contribution is 6.74. The van der Waals surface area contributed by atoms with Crippen molar-refractivity contribution in [3.63, 3.8) is 0 Å². The summed E-state index contributed by atoms with van der Waals surface area (Å²) in [6.45, 7) is 15.4. The van der Waals surface area contributed by atoms with Gasteiger partial charge in [0.2, 0.25) is 0 Å². The molecule has 0 aromatic heterocycles. The SMILES string of the molecule is CN(C(=O)OC(C)(C)C)[C@H](C(=O)O)[C@@H](O[Si](C)(C)C(C)(C)C)c1ccc(O)cc1. The van der Waals surface area contributed by atoms with Gasteiger partial charge >= 0.3 is 12.1 Å². The molecule has 0 heterocycles. The molecule has 0 bridgehead atoms. The number of carboxylic acids is 1. The van der Waals surface area contributed by atoms with E-state index in [1.165, 1.54) is 19.2 Å². The third-order valence-electron chi connectivity index (χ3n) is 5.09. The van der Waals surface area contributed by atoms with Gasteiger partial charge in [0.15, 0.2) is 14.4 Å². The Morgan fingerprint density at radius 3 is 1.90 bits per heavy atom. The zero-order valence-corrected chi connectivity index (χ0v) is 19.9. The van der Waals surface area contributed by atoms with Crippen molar-refractivity contribution >= 4 is 20.4 Å². The van der Waals surface area contributed by atoms with E-state index in [0.717, 1.165) is 4.90 Å². The van der Waals surface area contributed by atoms with Gasteiger partial charge in [-0.05, 0) is 56.6 Å². The van der Waals surface area contributed by atoms with E-state index in [2.05, 4.69) is 20.8 Å². The van der Waals surface area contributed by atoms with Crippen LogP contribution in [0.15, 0.2) is 24.3 Å². The Kier molecular flexibility index (Phi) is 7.53. The van der Waals surface area contributed by atoms with Crippen LogP contribution in [0.4, 0.5) is 4.79 Å². The van der Waals surface area contributed by atoms with Gasteiger partial charge in [0.1, 0.15) is 17.5 Å². The van der Waals surface area contributed by atoms with Gasteiger partial charge in [-0.3, -0.25) is 4.90 Å². The number of carbonyl (C=O) groups is 2. The smallest absolute Gasteiger partial charge is 0.410 e. The molecule has 0 aliphatic heterocycles. The molecular formula is C21H35NO6Si. The fourth-order valence-electron chi connectivity index (χ4n) is 2.42. The van der Waals surface area contributed by atoms with Gasteiger partial charge in [0.05, 0.1) is 0 Å². The number of hydrogen-bond donors (Lipinski definition) is 2. The van der Waals surface area contributed by atoms with E-state index >= 15 is 0 Å². The number of ether oxygens (including phenoxy) is 1. The molecule has 0 spiro atoms. The first-order chi connectivity index (χ1) is 13.0.